The summed E-state index contributed by atoms with van der Waals surface area (Å²) in [6.07, 6.45) is 3.08. The molecule has 1 aromatic rings. The first-order valence-corrected chi connectivity index (χ1v) is 4.64. The number of aromatic nitrogens is 1. The third kappa shape index (κ3) is 1.37. The van der Waals surface area contributed by atoms with Gasteiger partial charge < -0.3 is 0 Å². The van der Waals surface area contributed by atoms with E-state index in [1.165, 1.54) is 0 Å². The molecule has 1 aliphatic heterocycles. The van der Waals surface area contributed by atoms with E-state index >= 15 is 0 Å². The summed E-state index contributed by atoms with van der Waals surface area (Å²) in [5.41, 5.74) is 1.14. The first-order chi connectivity index (χ1) is 6.70. The maximum absolute atomic E-state index is 11.6. The second-order valence-electron chi connectivity index (χ2n) is 3.54. The Labute approximate surface area is 83.1 Å². The van der Waals surface area contributed by atoms with E-state index in [0.717, 1.165) is 17.8 Å². The van der Waals surface area contributed by atoms with Crippen molar-refractivity contribution in [1.29, 1.82) is 0 Å². The fraction of sp³-hybridized carbons (Fsp3) is 0.400. The van der Waals surface area contributed by atoms with Gasteiger partial charge in [0.25, 0.3) is 0 Å². The molecule has 0 aromatic carbocycles. The molecule has 0 saturated carbocycles. The predicted octanol–water partition coefficient (Wildman–Crippen LogP) is 0.837. The van der Waals surface area contributed by atoms with Crippen LogP contribution in [0.3, 0.4) is 0 Å². The van der Waals surface area contributed by atoms with Crippen molar-refractivity contribution in [3.05, 3.63) is 23.9 Å². The molecule has 74 valence electrons. The SMILES string of the molecule is CN(C)N1C(=O)CCc2cccnc21. The number of carbonyl (C=O) groups is 1. The molecule has 1 aromatic heterocycles. The molecule has 14 heavy (non-hydrogen) atoms. The molecule has 0 radical (unpaired) electrons. The summed E-state index contributed by atoms with van der Waals surface area (Å²) in [6, 6.07) is 3.92. The van der Waals surface area contributed by atoms with E-state index in [4.69, 9.17) is 0 Å². The van der Waals surface area contributed by atoms with Crippen LogP contribution in [0.4, 0.5) is 5.82 Å². The van der Waals surface area contributed by atoms with Gasteiger partial charge in [0.05, 0.1) is 0 Å². The van der Waals surface area contributed by atoms with Crippen molar-refractivity contribution in [3.63, 3.8) is 0 Å². The molecule has 0 saturated heterocycles. The van der Waals surface area contributed by atoms with Gasteiger partial charge in [0.15, 0.2) is 5.82 Å². The molecule has 4 nitrogen and oxygen atoms in total. The molecule has 1 amide bonds. The van der Waals surface area contributed by atoms with Crippen molar-refractivity contribution in [3.8, 4) is 0 Å². The third-order valence-electron chi connectivity index (χ3n) is 2.31. The van der Waals surface area contributed by atoms with E-state index in [2.05, 4.69) is 4.98 Å². The molecule has 2 rings (SSSR count). The summed E-state index contributed by atoms with van der Waals surface area (Å²) in [5, 5.41) is 3.40. The summed E-state index contributed by atoms with van der Waals surface area (Å²) in [6.45, 7) is 0. The number of hydrazine groups is 1. The molecular weight excluding hydrogens is 178 g/mol. The average molecular weight is 191 g/mol. The Morgan fingerprint density at radius 2 is 2.21 bits per heavy atom. The lowest BCUT2D eigenvalue weighted by molar-refractivity contribution is -0.121. The van der Waals surface area contributed by atoms with Crippen LogP contribution in [-0.2, 0) is 11.2 Å². The highest BCUT2D eigenvalue weighted by atomic mass is 16.2. The number of rotatable bonds is 1. The molecule has 1 aliphatic rings. The second-order valence-corrected chi connectivity index (χ2v) is 3.54. The van der Waals surface area contributed by atoms with Gasteiger partial charge in [0.1, 0.15) is 0 Å². The maximum Gasteiger partial charge on any atom is 0.243 e. The van der Waals surface area contributed by atoms with Crippen molar-refractivity contribution in [2.45, 2.75) is 12.8 Å². The quantitative estimate of drug-likeness (QED) is 0.660. The molecule has 0 unspecified atom stereocenters. The number of hydrogen-bond donors (Lipinski definition) is 0. The Hall–Kier alpha value is -1.42. The lowest BCUT2D eigenvalue weighted by atomic mass is 10.1. The summed E-state index contributed by atoms with van der Waals surface area (Å²) >= 11 is 0. The zero-order valence-electron chi connectivity index (χ0n) is 8.40. The van der Waals surface area contributed by atoms with Gasteiger partial charge in [0.2, 0.25) is 5.91 Å². The van der Waals surface area contributed by atoms with Gasteiger partial charge in [-0.05, 0) is 18.1 Å². The standard InChI is InChI=1S/C10H13N3O/c1-12(2)13-9(14)6-5-8-4-3-7-11-10(8)13/h3-4,7H,5-6H2,1-2H3. The predicted molar refractivity (Wildman–Crippen MR) is 53.7 cm³/mol. The van der Waals surface area contributed by atoms with Gasteiger partial charge in [-0.3, -0.25) is 4.79 Å². The lowest BCUT2D eigenvalue weighted by Crippen LogP contribution is -2.45. The minimum atomic E-state index is 0.112. The Morgan fingerprint density at radius 1 is 1.43 bits per heavy atom. The summed E-state index contributed by atoms with van der Waals surface area (Å²) in [5.74, 6) is 0.884. The van der Waals surface area contributed by atoms with Crippen LogP contribution in [-0.4, -0.2) is 30.0 Å². The molecular formula is C10H13N3O. The van der Waals surface area contributed by atoms with Gasteiger partial charge in [-0.1, -0.05) is 6.07 Å². The summed E-state index contributed by atoms with van der Waals surface area (Å²) in [7, 11) is 3.70. The van der Waals surface area contributed by atoms with Crippen LogP contribution < -0.4 is 5.01 Å². The van der Waals surface area contributed by atoms with Crippen LogP contribution in [0, 0.1) is 0 Å². The molecule has 4 heteroatoms. The smallest absolute Gasteiger partial charge is 0.243 e. The molecule has 0 bridgehead atoms. The minimum absolute atomic E-state index is 0.112. The van der Waals surface area contributed by atoms with E-state index in [9.17, 15) is 4.79 Å². The largest absolute Gasteiger partial charge is 0.273 e. The number of nitrogens with zero attached hydrogens (tertiary/aromatic N) is 3. The zero-order valence-corrected chi connectivity index (χ0v) is 8.40. The Balaban J connectivity index is 2.46. The first kappa shape index (κ1) is 9.15. The number of carbonyl (C=O) groups excluding carboxylic acids is 1. The van der Waals surface area contributed by atoms with Crippen molar-refractivity contribution in [2.24, 2.45) is 0 Å². The molecule has 0 spiro atoms. The van der Waals surface area contributed by atoms with Gasteiger partial charge in [-0.25, -0.2) is 15.0 Å². The van der Waals surface area contributed by atoms with Gasteiger partial charge >= 0.3 is 0 Å². The zero-order chi connectivity index (χ0) is 10.1. The second kappa shape index (κ2) is 3.38. The van der Waals surface area contributed by atoms with E-state index < -0.39 is 0 Å². The van der Waals surface area contributed by atoms with E-state index in [1.807, 2.05) is 26.2 Å². The van der Waals surface area contributed by atoms with Crippen molar-refractivity contribution in [1.82, 2.24) is 9.99 Å². The summed E-state index contributed by atoms with van der Waals surface area (Å²) in [4.78, 5) is 15.9. The molecule has 0 N–H and O–H groups in total. The Morgan fingerprint density at radius 3 is 2.93 bits per heavy atom. The molecule has 0 aliphatic carbocycles. The van der Waals surface area contributed by atoms with Gasteiger partial charge in [-0.15, -0.1) is 0 Å². The fourth-order valence-electron chi connectivity index (χ4n) is 1.69. The highest BCUT2D eigenvalue weighted by Crippen LogP contribution is 2.25. The number of fused-ring (bicyclic) bond motifs is 1. The lowest BCUT2D eigenvalue weighted by Gasteiger charge is -2.32. The van der Waals surface area contributed by atoms with Crippen LogP contribution >= 0.6 is 0 Å². The number of pyridine rings is 1. The van der Waals surface area contributed by atoms with E-state index in [-0.39, 0.29) is 5.91 Å². The monoisotopic (exact) mass is 191 g/mol. The summed E-state index contributed by atoms with van der Waals surface area (Å²) < 4.78 is 0. The van der Waals surface area contributed by atoms with Crippen molar-refractivity contribution >= 4 is 11.7 Å². The minimum Gasteiger partial charge on any atom is -0.273 e. The normalized spacial score (nSPS) is 15.9. The maximum atomic E-state index is 11.6. The number of hydrogen-bond acceptors (Lipinski definition) is 3. The number of aryl methyl sites for hydroxylation is 1. The van der Waals surface area contributed by atoms with Crippen LogP contribution in [0.15, 0.2) is 18.3 Å². The van der Waals surface area contributed by atoms with E-state index in [0.29, 0.717) is 6.42 Å². The highest BCUT2D eigenvalue weighted by Gasteiger charge is 2.26. The Kier molecular flexibility index (Phi) is 2.21. The molecule has 0 atom stereocenters. The number of anilines is 1. The first-order valence-electron chi connectivity index (χ1n) is 4.64. The highest BCUT2D eigenvalue weighted by molar-refractivity contribution is 5.94. The van der Waals surface area contributed by atoms with Gasteiger partial charge in [-0.2, -0.15) is 0 Å². The molecule has 0 fully saturated rings. The fourth-order valence-corrected chi connectivity index (χ4v) is 1.69. The number of amides is 1. The van der Waals surface area contributed by atoms with Crippen molar-refractivity contribution < 1.29 is 4.79 Å². The van der Waals surface area contributed by atoms with Crippen LogP contribution in [0.25, 0.3) is 0 Å². The van der Waals surface area contributed by atoms with Crippen LogP contribution in [0.2, 0.25) is 0 Å². The Bertz CT molecular complexity index is 362. The molecule has 2 heterocycles. The van der Waals surface area contributed by atoms with Gasteiger partial charge in [0, 0.05) is 26.7 Å². The van der Waals surface area contributed by atoms with Crippen molar-refractivity contribution in [2.75, 3.05) is 19.1 Å². The van der Waals surface area contributed by atoms with Crippen LogP contribution in [0.5, 0.6) is 0 Å². The van der Waals surface area contributed by atoms with E-state index in [1.54, 1.807) is 16.2 Å². The van der Waals surface area contributed by atoms with Crippen LogP contribution in [0.1, 0.15) is 12.0 Å². The third-order valence-corrected chi connectivity index (χ3v) is 2.31. The topological polar surface area (TPSA) is 36.4 Å². The average Bonchev–Trinajstić information content (AvgIpc) is 2.17.